The van der Waals surface area contributed by atoms with Gasteiger partial charge < -0.3 is 25.2 Å². The molecule has 2 aromatic rings. The van der Waals surface area contributed by atoms with E-state index in [4.69, 9.17) is 9.47 Å². The predicted molar refractivity (Wildman–Crippen MR) is 93.0 cm³/mol. The van der Waals surface area contributed by atoms with E-state index < -0.39 is 11.8 Å². The van der Waals surface area contributed by atoms with Gasteiger partial charge in [-0.2, -0.15) is 0 Å². The van der Waals surface area contributed by atoms with E-state index in [1.165, 1.54) is 12.1 Å². The van der Waals surface area contributed by atoms with Crippen LogP contribution in [0.2, 0.25) is 0 Å². The second-order valence-corrected chi connectivity index (χ2v) is 5.25. The maximum atomic E-state index is 11.8. The quantitative estimate of drug-likeness (QED) is 0.422. The number of nitrogens with one attached hydrogen (secondary N) is 2. The van der Waals surface area contributed by atoms with Gasteiger partial charge in [-0.05, 0) is 48.9 Å². The minimum Gasteiger partial charge on any atom is -0.506 e. The molecule has 0 saturated carbocycles. The van der Waals surface area contributed by atoms with Gasteiger partial charge in [-0.15, -0.1) is 0 Å². The number of ether oxygens (including phenoxy) is 2. The van der Waals surface area contributed by atoms with E-state index in [1.807, 2.05) is 0 Å². The van der Waals surface area contributed by atoms with Crippen molar-refractivity contribution in [3.63, 3.8) is 0 Å². The minimum atomic E-state index is -0.858. The first-order valence-electron chi connectivity index (χ1n) is 7.65. The Kier molecular flexibility index (Phi) is 6.22. The summed E-state index contributed by atoms with van der Waals surface area (Å²) in [5.41, 5.74) is 1.02. The van der Waals surface area contributed by atoms with Crippen LogP contribution in [0.4, 0.5) is 5.69 Å². The highest BCUT2D eigenvalue weighted by Crippen LogP contribution is 2.23. The van der Waals surface area contributed by atoms with E-state index in [2.05, 4.69) is 10.6 Å². The number of carbonyl (C=O) groups excluding carboxylic acids is 2. The van der Waals surface area contributed by atoms with Crippen molar-refractivity contribution in [1.82, 2.24) is 5.32 Å². The third-order valence-corrected chi connectivity index (χ3v) is 3.32. The van der Waals surface area contributed by atoms with E-state index >= 15 is 0 Å². The van der Waals surface area contributed by atoms with Crippen molar-refractivity contribution in [3.8, 4) is 17.2 Å². The zero-order valence-electron chi connectivity index (χ0n) is 14.0. The topological polar surface area (TPSA) is 96.9 Å². The third-order valence-electron chi connectivity index (χ3n) is 3.32. The minimum absolute atomic E-state index is 0.0935. The summed E-state index contributed by atoms with van der Waals surface area (Å²) in [4.78, 5) is 23.5. The summed E-state index contributed by atoms with van der Waals surface area (Å²) in [7, 11) is 1.58. The van der Waals surface area contributed by atoms with E-state index in [9.17, 15) is 14.7 Å². The van der Waals surface area contributed by atoms with Gasteiger partial charge >= 0.3 is 11.8 Å². The standard InChI is InChI=1S/C18H20N2O5/c1-12-3-8-15(16(21)11-12)20-18(23)17(22)19-9-10-25-14-6-4-13(24-2)5-7-14/h3-8,11,21H,9-10H2,1-2H3,(H,19,22)(H,20,23). The third kappa shape index (κ3) is 5.42. The highest BCUT2D eigenvalue weighted by molar-refractivity contribution is 6.39. The smallest absolute Gasteiger partial charge is 0.313 e. The van der Waals surface area contributed by atoms with Crippen molar-refractivity contribution >= 4 is 17.5 Å². The van der Waals surface area contributed by atoms with E-state index in [-0.39, 0.29) is 24.6 Å². The number of phenols is 1. The van der Waals surface area contributed by atoms with Gasteiger partial charge in [0, 0.05) is 0 Å². The molecule has 0 fully saturated rings. The Morgan fingerprint density at radius 2 is 1.72 bits per heavy atom. The molecule has 2 aromatic carbocycles. The zero-order valence-corrected chi connectivity index (χ0v) is 14.0. The first-order valence-corrected chi connectivity index (χ1v) is 7.65. The van der Waals surface area contributed by atoms with Gasteiger partial charge in [0.25, 0.3) is 0 Å². The predicted octanol–water partition coefficient (Wildman–Crippen LogP) is 1.84. The molecule has 0 radical (unpaired) electrons. The van der Waals surface area contributed by atoms with Gasteiger partial charge in [0.05, 0.1) is 19.3 Å². The molecule has 2 rings (SSSR count). The van der Waals surface area contributed by atoms with Crippen LogP contribution in [0.3, 0.4) is 0 Å². The Morgan fingerprint density at radius 1 is 1.04 bits per heavy atom. The first-order chi connectivity index (χ1) is 12.0. The van der Waals surface area contributed by atoms with Crippen LogP contribution in [0.5, 0.6) is 17.2 Å². The van der Waals surface area contributed by atoms with E-state index in [0.29, 0.717) is 5.75 Å². The average Bonchev–Trinajstić information content (AvgIpc) is 2.61. The van der Waals surface area contributed by atoms with Gasteiger partial charge in [0.1, 0.15) is 23.9 Å². The summed E-state index contributed by atoms with van der Waals surface area (Å²) >= 11 is 0. The zero-order chi connectivity index (χ0) is 18.2. The Morgan fingerprint density at radius 3 is 2.36 bits per heavy atom. The number of anilines is 1. The van der Waals surface area contributed by atoms with E-state index in [1.54, 1.807) is 44.4 Å². The monoisotopic (exact) mass is 344 g/mol. The fourth-order valence-corrected chi connectivity index (χ4v) is 2.01. The molecule has 0 unspecified atom stereocenters. The number of benzene rings is 2. The van der Waals surface area contributed by atoms with Crippen LogP contribution in [0, 0.1) is 6.92 Å². The summed E-state index contributed by atoms with van der Waals surface area (Å²) < 4.78 is 10.5. The molecule has 0 atom stereocenters. The molecule has 0 aliphatic heterocycles. The lowest BCUT2D eigenvalue weighted by atomic mass is 10.2. The number of aromatic hydroxyl groups is 1. The SMILES string of the molecule is COc1ccc(OCCNC(=O)C(=O)Nc2ccc(C)cc2O)cc1. The maximum absolute atomic E-state index is 11.8. The molecule has 7 nitrogen and oxygen atoms in total. The maximum Gasteiger partial charge on any atom is 0.313 e. The molecule has 0 aliphatic carbocycles. The van der Waals surface area contributed by atoms with Crippen molar-refractivity contribution in [2.75, 3.05) is 25.6 Å². The molecule has 0 aliphatic rings. The molecule has 0 spiro atoms. The summed E-state index contributed by atoms with van der Waals surface area (Å²) in [6.07, 6.45) is 0. The van der Waals surface area contributed by atoms with Crippen LogP contribution < -0.4 is 20.1 Å². The van der Waals surface area contributed by atoms with Gasteiger partial charge in [-0.3, -0.25) is 9.59 Å². The molecule has 0 aromatic heterocycles. The second kappa shape index (κ2) is 8.58. The van der Waals surface area contributed by atoms with Crippen molar-refractivity contribution in [2.24, 2.45) is 0 Å². The molecule has 3 N–H and O–H groups in total. The molecule has 132 valence electrons. The summed E-state index contributed by atoms with van der Waals surface area (Å²) in [6.45, 7) is 2.18. The molecule has 0 saturated heterocycles. The lowest BCUT2D eigenvalue weighted by Gasteiger charge is -2.09. The van der Waals surface area contributed by atoms with E-state index in [0.717, 1.165) is 11.3 Å². The van der Waals surface area contributed by atoms with Crippen LogP contribution in [-0.2, 0) is 9.59 Å². The fraction of sp³-hybridized carbons (Fsp3) is 0.222. The van der Waals surface area contributed by atoms with Crippen LogP contribution in [0.25, 0.3) is 0 Å². The number of methoxy groups -OCH3 is 1. The Hall–Kier alpha value is -3.22. The molecule has 25 heavy (non-hydrogen) atoms. The number of aryl methyl sites for hydroxylation is 1. The van der Waals surface area contributed by atoms with Gasteiger partial charge in [-0.25, -0.2) is 0 Å². The van der Waals surface area contributed by atoms with Gasteiger partial charge in [0.15, 0.2) is 0 Å². The lowest BCUT2D eigenvalue weighted by molar-refractivity contribution is -0.136. The molecular weight excluding hydrogens is 324 g/mol. The Bertz CT molecular complexity index is 744. The van der Waals surface area contributed by atoms with Crippen LogP contribution in [0.1, 0.15) is 5.56 Å². The Balaban J connectivity index is 1.74. The molecule has 0 heterocycles. The van der Waals surface area contributed by atoms with Crippen LogP contribution in [0.15, 0.2) is 42.5 Å². The molecular formula is C18H20N2O5. The first kappa shape index (κ1) is 18.1. The van der Waals surface area contributed by atoms with Crippen molar-refractivity contribution < 1.29 is 24.2 Å². The number of amides is 2. The van der Waals surface area contributed by atoms with Gasteiger partial charge in [0.2, 0.25) is 0 Å². The number of rotatable bonds is 6. The van der Waals surface area contributed by atoms with Crippen LogP contribution >= 0.6 is 0 Å². The summed E-state index contributed by atoms with van der Waals surface area (Å²) in [5.74, 6) is -0.411. The normalized spacial score (nSPS) is 10.0. The largest absolute Gasteiger partial charge is 0.506 e. The second-order valence-electron chi connectivity index (χ2n) is 5.25. The molecule has 7 heteroatoms. The fourth-order valence-electron chi connectivity index (χ4n) is 2.01. The lowest BCUT2D eigenvalue weighted by Crippen LogP contribution is -2.37. The van der Waals surface area contributed by atoms with Crippen molar-refractivity contribution in [3.05, 3.63) is 48.0 Å². The molecule has 0 bridgehead atoms. The van der Waals surface area contributed by atoms with Crippen LogP contribution in [-0.4, -0.2) is 37.2 Å². The molecule has 2 amide bonds. The van der Waals surface area contributed by atoms with Crippen molar-refractivity contribution in [1.29, 1.82) is 0 Å². The summed E-state index contributed by atoms with van der Waals surface area (Å²) in [5, 5.41) is 14.5. The number of hydrogen-bond acceptors (Lipinski definition) is 5. The van der Waals surface area contributed by atoms with Gasteiger partial charge in [-0.1, -0.05) is 6.07 Å². The highest BCUT2D eigenvalue weighted by atomic mass is 16.5. The highest BCUT2D eigenvalue weighted by Gasteiger charge is 2.14. The van der Waals surface area contributed by atoms with Crippen molar-refractivity contribution in [2.45, 2.75) is 6.92 Å². The summed E-state index contributed by atoms with van der Waals surface area (Å²) in [6, 6.07) is 11.8. The average molecular weight is 344 g/mol. The number of carbonyl (C=O) groups is 2. The number of phenolic OH excluding ortho intramolecular Hbond substituents is 1. The number of hydrogen-bond donors (Lipinski definition) is 3. The Labute approximate surface area is 145 Å².